The topological polar surface area (TPSA) is 78.4 Å². The number of carbonyl (C=O) groups is 2. The summed E-state index contributed by atoms with van der Waals surface area (Å²) in [5.41, 5.74) is -0.582. The molecule has 0 spiro atoms. The summed E-state index contributed by atoms with van der Waals surface area (Å²) < 4.78 is 0. The minimum Gasteiger partial charge on any atom is -0.481 e. The molecule has 1 unspecified atom stereocenters. The van der Waals surface area contributed by atoms with Crippen LogP contribution in [-0.4, -0.2) is 35.6 Å². The Hall–Kier alpha value is -1.10. The zero-order valence-electron chi connectivity index (χ0n) is 11.2. The lowest BCUT2D eigenvalue weighted by molar-refractivity contribution is -0.137. The number of amides is 1. The number of carbonyl (C=O) groups excluding carboxylic acids is 1. The van der Waals surface area contributed by atoms with Gasteiger partial charge < -0.3 is 15.7 Å². The predicted molar refractivity (Wildman–Crippen MR) is 66.8 cm³/mol. The standard InChI is InChI=1S/C12H24N2O3/c1-5-14-12(3,4)11(17)13-8-9(2)6-7-10(15)16/h9,14H,5-8H2,1-4H3,(H,13,17)(H,15,16). The predicted octanol–water partition coefficient (Wildman–Crippen LogP) is 0.992. The van der Waals surface area contributed by atoms with Crippen LogP contribution >= 0.6 is 0 Å². The van der Waals surface area contributed by atoms with Crippen LogP contribution in [0.5, 0.6) is 0 Å². The Labute approximate surface area is 103 Å². The summed E-state index contributed by atoms with van der Waals surface area (Å²) in [6.07, 6.45) is 0.727. The van der Waals surface area contributed by atoms with Crippen molar-refractivity contribution in [3.05, 3.63) is 0 Å². The van der Waals surface area contributed by atoms with E-state index >= 15 is 0 Å². The van der Waals surface area contributed by atoms with Crippen LogP contribution in [0.25, 0.3) is 0 Å². The molecule has 0 heterocycles. The summed E-state index contributed by atoms with van der Waals surface area (Å²) in [6.45, 7) is 8.78. The number of rotatable bonds is 8. The van der Waals surface area contributed by atoms with Gasteiger partial charge in [-0.15, -0.1) is 0 Å². The maximum atomic E-state index is 11.8. The lowest BCUT2D eigenvalue weighted by Crippen LogP contribution is -2.53. The number of carboxylic acids is 1. The third-order valence-corrected chi connectivity index (χ3v) is 2.65. The summed E-state index contributed by atoms with van der Waals surface area (Å²) in [4.78, 5) is 22.2. The molecule has 17 heavy (non-hydrogen) atoms. The Morgan fingerprint density at radius 2 is 1.94 bits per heavy atom. The zero-order valence-corrected chi connectivity index (χ0v) is 11.2. The largest absolute Gasteiger partial charge is 0.481 e. The first kappa shape index (κ1) is 15.9. The summed E-state index contributed by atoms with van der Waals surface area (Å²) in [6, 6.07) is 0. The van der Waals surface area contributed by atoms with E-state index < -0.39 is 11.5 Å². The lowest BCUT2D eigenvalue weighted by Gasteiger charge is -2.25. The SMILES string of the molecule is CCNC(C)(C)C(=O)NCC(C)CCC(=O)O. The van der Waals surface area contributed by atoms with Crippen LogP contribution in [0.2, 0.25) is 0 Å². The van der Waals surface area contributed by atoms with Crippen molar-refractivity contribution in [2.75, 3.05) is 13.1 Å². The maximum Gasteiger partial charge on any atom is 0.303 e. The summed E-state index contributed by atoms with van der Waals surface area (Å²) in [7, 11) is 0. The second-order valence-corrected chi connectivity index (χ2v) is 4.90. The first-order valence-electron chi connectivity index (χ1n) is 6.04. The molecule has 0 saturated heterocycles. The van der Waals surface area contributed by atoms with Gasteiger partial charge in [0, 0.05) is 13.0 Å². The quantitative estimate of drug-likeness (QED) is 0.595. The van der Waals surface area contributed by atoms with E-state index in [0.29, 0.717) is 13.0 Å². The van der Waals surface area contributed by atoms with E-state index in [1.807, 2.05) is 27.7 Å². The summed E-state index contributed by atoms with van der Waals surface area (Å²) in [5.74, 6) is -0.676. The van der Waals surface area contributed by atoms with E-state index in [-0.39, 0.29) is 18.2 Å². The highest BCUT2D eigenvalue weighted by Gasteiger charge is 2.25. The molecule has 0 aliphatic carbocycles. The average molecular weight is 244 g/mol. The van der Waals surface area contributed by atoms with Gasteiger partial charge in [-0.25, -0.2) is 0 Å². The molecular weight excluding hydrogens is 220 g/mol. The average Bonchev–Trinajstić information content (AvgIpc) is 2.22. The molecule has 1 amide bonds. The van der Waals surface area contributed by atoms with Gasteiger partial charge in [0.05, 0.1) is 5.54 Å². The van der Waals surface area contributed by atoms with Crippen molar-refractivity contribution in [2.45, 2.75) is 46.1 Å². The van der Waals surface area contributed by atoms with Gasteiger partial charge in [0.1, 0.15) is 0 Å². The molecule has 0 bridgehead atoms. The van der Waals surface area contributed by atoms with Crippen LogP contribution in [-0.2, 0) is 9.59 Å². The normalized spacial score (nSPS) is 13.2. The van der Waals surface area contributed by atoms with Crippen LogP contribution in [0.1, 0.15) is 40.5 Å². The molecule has 0 rings (SSSR count). The third kappa shape index (κ3) is 6.94. The van der Waals surface area contributed by atoms with Crippen molar-refractivity contribution in [1.29, 1.82) is 0 Å². The second kappa shape index (κ2) is 7.27. The Bertz CT molecular complexity index is 264. The monoisotopic (exact) mass is 244 g/mol. The maximum absolute atomic E-state index is 11.8. The third-order valence-electron chi connectivity index (χ3n) is 2.65. The van der Waals surface area contributed by atoms with Gasteiger partial charge in [-0.2, -0.15) is 0 Å². The van der Waals surface area contributed by atoms with E-state index in [1.54, 1.807) is 0 Å². The van der Waals surface area contributed by atoms with E-state index in [4.69, 9.17) is 5.11 Å². The zero-order chi connectivity index (χ0) is 13.5. The fourth-order valence-electron chi connectivity index (χ4n) is 1.48. The van der Waals surface area contributed by atoms with Crippen LogP contribution in [0.3, 0.4) is 0 Å². The minimum atomic E-state index is -0.795. The van der Waals surface area contributed by atoms with Gasteiger partial charge >= 0.3 is 5.97 Å². The molecular formula is C12H24N2O3. The van der Waals surface area contributed by atoms with Crippen molar-refractivity contribution in [3.8, 4) is 0 Å². The van der Waals surface area contributed by atoms with Crippen molar-refractivity contribution in [1.82, 2.24) is 10.6 Å². The van der Waals surface area contributed by atoms with Gasteiger partial charge in [-0.05, 0) is 32.7 Å². The summed E-state index contributed by atoms with van der Waals surface area (Å²) >= 11 is 0. The molecule has 0 aliphatic rings. The molecule has 5 nitrogen and oxygen atoms in total. The number of carboxylic acid groups (broad SMARTS) is 1. The minimum absolute atomic E-state index is 0.0541. The van der Waals surface area contributed by atoms with Crippen molar-refractivity contribution >= 4 is 11.9 Å². The number of hydrogen-bond acceptors (Lipinski definition) is 3. The van der Waals surface area contributed by atoms with Crippen LogP contribution in [0.15, 0.2) is 0 Å². The molecule has 0 aromatic rings. The number of aliphatic carboxylic acids is 1. The molecule has 0 aromatic heterocycles. The number of likely N-dealkylation sites (N-methyl/N-ethyl adjacent to an activating group) is 1. The lowest BCUT2D eigenvalue weighted by atomic mass is 10.0. The highest BCUT2D eigenvalue weighted by Crippen LogP contribution is 2.06. The molecule has 0 fully saturated rings. The smallest absolute Gasteiger partial charge is 0.303 e. The molecule has 1 atom stereocenters. The van der Waals surface area contributed by atoms with Crippen molar-refractivity contribution in [3.63, 3.8) is 0 Å². The van der Waals surface area contributed by atoms with Gasteiger partial charge in [-0.3, -0.25) is 9.59 Å². The molecule has 0 aromatic carbocycles. The summed E-state index contributed by atoms with van der Waals surface area (Å²) in [5, 5.41) is 14.5. The Balaban J connectivity index is 3.94. The Morgan fingerprint density at radius 3 is 2.41 bits per heavy atom. The van der Waals surface area contributed by atoms with Crippen LogP contribution < -0.4 is 10.6 Å². The highest BCUT2D eigenvalue weighted by molar-refractivity contribution is 5.85. The molecule has 0 radical (unpaired) electrons. The number of nitrogens with one attached hydrogen (secondary N) is 2. The van der Waals surface area contributed by atoms with E-state index in [2.05, 4.69) is 10.6 Å². The molecule has 0 aliphatic heterocycles. The van der Waals surface area contributed by atoms with Crippen molar-refractivity contribution < 1.29 is 14.7 Å². The molecule has 100 valence electrons. The van der Waals surface area contributed by atoms with Crippen LogP contribution in [0.4, 0.5) is 0 Å². The van der Waals surface area contributed by atoms with Gasteiger partial charge in [0.15, 0.2) is 0 Å². The Kier molecular flexibility index (Phi) is 6.80. The van der Waals surface area contributed by atoms with Gasteiger partial charge in [-0.1, -0.05) is 13.8 Å². The van der Waals surface area contributed by atoms with E-state index in [1.165, 1.54) is 0 Å². The second-order valence-electron chi connectivity index (χ2n) is 4.90. The first-order chi connectivity index (χ1) is 7.79. The molecule has 0 saturated carbocycles. The van der Waals surface area contributed by atoms with Gasteiger partial charge in [0.2, 0.25) is 5.91 Å². The van der Waals surface area contributed by atoms with Gasteiger partial charge in [0.25, 0.3) is 0 Å². The highest BCUT2D eigenvalue weighted by atomic mass is 16.4. The fraction of sp³-hybridized carbons (Fsp3) is 0.833. The van der Waals surface area contributed by atoms with Crippen LogP contribution in [0, 0.1) is 5.92 Å². The van der Waals surface area contributed by atoms with E-state index in [9.17, 15) is 9.59 Å². The van der Waals surface area contributed by atoms with Crippen molar-refractivity contribution in [2.24, 2.45) is 5.92 Å². The molecule has 5 heteroatoms. The number of hydrogen-bond donors (Lipinski definition) is 3. The molecule has 3 N–H and O–H groups in total. The fourth-order valence-corrected chi connectivity index (χ4v) is 1.48. The Morgan fingerprint density at radius 1 is 1.35 bits per heavy atom. The van der Waals surface area contributed by atoms with E-state index in [0.717, 1.165) is 6.54 Å². The first-order valence-corrected chi connectivity index (χ1v) is 6.04.